The molecule has 2 heterocycles. The molecule has 20 heavy (non-hydrogen) atoms. The van der Waals surface area contributed by atoms with Gasteiger partial charge in [0.1, 0.15) is 5.69 Å². The van der Waals surface area contributed by atoms with Crippen LogP contribution in [0, 0.1) is 12.8 Å². The van der Waals surface area contributed by atoms with Crippen LogP contribution >= 0.6 is 0 Å². The molecule has 112 valence electrons. The van der Waals surface area contributed by atoms with Gasteiger partial charge in [-0.3, -0.25) is 9.48 Å². The van der Waals surface area contributed by atoms with Crippen LogP contribution in [0.3, 0.4) is 0 Å². The second-order valence-electron chi connectivity index (χ2n) is 5.45. The Morgan fingerprint density at radius 3 is 2.85 bits per heavy atom. The van der Waals surface area contributed by atoms with Crippen LogP contribution in [0.4, 0.5) is 5.69 Å². The van der Waals surface area contributed by atoms with Gasteiger partial charge in [0, 0.05) is 26.7 Å². The van der Waals surface area contributed by atoms with E-state index < -0.39 is 0 Å². The van der Waals surface area contributed by atoms with Crippen LogP contribution < -0.4 is 5.73 Å². The second kappa shape index (κ2) is 5.83. The lowest BCUT2D eigenvalue weighted by Crippen LogP contribution is -2.47. The lowest BCUT2D eigenvalue weighted by Gasteiger charge is -2.36. The van der Waals surface area contributed by atoms with Crippen molar-refractivity contribution >= 4 is 11.6 Å². The number of aromatic nitrogens is 2. The number of nitrogen functional groups attached to an aromatic ring is 1. The Hall–Kier alpha value is -1.56. The number of carbonyl (C=O) groups is 1. The van der Waals surface area contributed by atoms with Gasteiger partial charge in [0.2, 0.25) is 0 Å². The van der Waals surface area contributed by atoms with E-state index in [4.69, 9.17) is 10.5 Å². The molecular formula is C14H24N4O2. The predicted octanol–water partition coefficient (Wildman–Crippen LogP) is 1.29. The first kappa shape index (κ1) is 14.8. The van der Waals surface area contributed by atoms with Gasteiger partial charge in [0.05, 0.1) is 17.5 Å². The standard InChI is InChI=1S/C14H24N4O2/c1-5-18-13(12(15)10(3)16-18)14(19)17-7-6-9(2)11(8-17)20-4/h9,11H,5-8,15H2,1-4H3. The van der Waals surface area contributed by atoms with Crippen LogP contribution in [0.15, 0.2) is 0 Å². The number of nitrogens with two attached hydrogens (primary N) is 1. The molecule has 1 aliphatic rings. The Morgan fingerprint density at radius 1 is 1.55 bits per heavy atom. The molecular weight excluding hydrogens is 256 g/mol. The molecule has 2 N–H and O–H groups in total. The molecule has 0 spiro atoms. The number of piperidine rings is 1. The summed E-state index contributed by atoms with van der Waals surface area (Å²) in [5, 5.41) is 4.31. The fourth-order valence-corrected chi connectivity index (χ4v) is 2.72. The molecule has 0 aromatic carbocycles. The smallest absolute Gasteiger partial charge is 0.274 e. The molecule has 2 rings (SSSR count). The zero-order chi connectivity index (χ0) is 14.9. The first-order valence-corrected chi connectivity index (χ1v) is 7.14. The molecule has 0 aliphatic carbocycles. The van der Waals surface area contributed by atoms with E-state index in [0.717, 1.165) is 13.0 Å². The van der Waals surface area contributed by atoms with Crippen molar-refractivity contribution in [3.8, 4) is 0 Å². The summed E-state index contributed by atoms with van der Waals surface area (Å²) in [5.74, 6) is 0.429. The molecule has 6 nitrogen and oxygen atoms in total. The number of carbonyl (C=O) groups excluding carboxylic acids is 1. The highest BCUT2D eigenvalue weighted by atomic mass is 16.5. The topological polar surface area (TPSA) is 73.4 Å². The number of hydrogen-bond acceptors (Lipinski definition) is 4. The molecule has 1 aromatic rings. The van der Waals surface area contributed by atoms with Gasteiger partial charge in [-0.25, -0.2) is 0 Å². The Morgan fingerprint density at radius 2 is 2.25 bits per heavy atom. The number of amides is 1. The van der Waals surface area contributed by atoms with Crippen molar-refractivity contribution in [2.24, 2.45) is 5.92 Å². The zero-order valence-electron chi connectivity index (χ0n) is 12.7. The van der Waals surface area contributed by atoms with Crippen LogP contribution in [0.1, 0.15) is 36.5 Å². The van der Waals surface area contributed by atoms with E-state index in [1.54, 1.807) is 11.8 Å². The third-order valence-electron chi connectivity index (χ3n) is 4.16. The van der Waals surface area contributed by atoms with Crippen LogP contribution in [-0.2, 0) is 11.3 Å². The summed E-state index contributed by atoms with van der Waals surface area (Å²) in [6, 6.07) is 0. The molecule has 1 fully saturated rings. The molecule has 0 radical (unpaired) electrons. The van der Waals surface area contributed by atoms with Crippen LogP contribution in [-0.4, -0.2) is 46.9 Å². The third-order valence-corrected chi connectivity index (χ3v) is 4.16. The maximum atomic E-state index is 12.7. The number of anilines is 1. The lowest BCUT2D eigenvalue weighted by atomic mass is 9.95. The molecule has 1 aromatic heterocycles. The van der Waals surface area contributed by atoms with E-state index in [9.17, 15) is 4.79 Å². The summed E-state index contributed by atoms with van der Waals surface area (Å²) < 4.78 is 7.15. The summed E-state index contributed by atoms with van der Waals surface area (Å²) >= 11 is 0. The van der Waals surface area contributed by atoms with Crippen LogP contribution in [0.2, 0.25) is 0 Å². The third kappa shape index (κ3) is 2.52. The van der Waals surface area contributed by atoms with E-state index in [2.05, 4.69) is 12.0 Å². The average molecular weight is 280 g/mol. The number of methoxy groups -OCH3 is 1. The summed E-state index contributed by atoms with van der Waals surface area (Å²) in [6.07, 6.45) is 1.04. The minimum absolute atomic E-state index is 0.0427. The molecule has 0 bridgehead atoms. The molecule has 1 saturated heterocycles. The van der Waals surface area contributed by atoms with Gasteiger partial charge in [-0.05, 0) is 26.2 Å². The normalized spacial score (nSPS) is 23.1. The Balaban J connectivity index is 2.24. The second-order valence-corrected chi connectivity index (χ2v) is 5.45. The monoisotopic (exact) mass is 280 g/mol. The predicted molar refractivity (Wildman–Crippen MR) is 77.5 cm³/mol. The summed E-state index contributed by atoms with van der Waals surface area (Å²) in [6.45, 7) is 7.94. The summed E-state index contributed by atoms with van der Waals surface area (Å²) in [7, 11) is 1.70. The quantitative estimate of drug-likeness (QED) is 0.905. The molecule has 6 heteroatoms. The van der Waals surface area contributed by atoms with Crippen molar-refractivity contribution in [1.29, 1.82) is 0 Å². The fourth-order valence-electron chi connectivity index (χ4n) is 2.72. The van der Waals surface area contributed by atoms with E-state index in [-0.39, 0.29) is 12.0 Å². The van der Waals surface area contributed by atoms with Gasteiger partial charge in [0.15, 0.2) is 0 Å². The van der Waals surface area contributed by atoms with Gasteiger partial charge in [-0.15, -0.1) is 0 Å². The minimum Gasteiger partial charge on any atom is -0.395 e. The molecule has 2 unspecified atom stereocenters. The van der Waals surface area contributed by atoms with Gasteiger partial charge < -0.3 is 15.4 Å². The van der Waals surface area contributed by atoms with E-state index >= 15 is 0 Å². The fraction of sp³-hybridized carbons (Fsp3) is 0.714. The number of ether oxygens (including phenoxy) is 1. The number of aryl methyl sites for hydroxylation is 2. The molecule has 0 saturated carbocycles. The van der Waals surface area contributed by atoms with Gasteiger partial charge in [-0.2, -0.15) is 5.10 Å². The van der Waals surface area contributed by atoms with E-state index in [0.29, 0.717) is 36.1 Å². The van der Waals surface area contributed by atoms with Crippen molar-refractivity contribution in [3.05, 3.63) is 11.4 Å². The summed E-state index contributed by atoms with van der Waals surface area (Å²) in [4.78, 5) is 14.5. The van der Waals surface area contributed by atoms with Gasteiger partial charge >= 0.3 is 0 Å². The van der Waals surface area contributed by atoms with E-state index in [1.807, 2.05) is 18.7 Å². The number of rotatable bonds is 3. The number of likely N-dealkylation sites (tertiary alicyclic amines) is 1. The Kier molecular flexibility index (Phi) is 4.32. The van der Waals surface area contributed by atoms with Crippen molar-refractivity contribution in [2.45, 2.75) is 39.8 Å². The maximum Gasteiger partial charge on any atom is 0.274 e. The minimum atomic E-state index is -0.0427. The van der Waals surface area contributed by atoms with Crippen LogP contribution in [0.5, 0.6) is 0 Å². The SMILES string of the molecule is CCn1nc(C)c(N)c1C(=O)N1CCC(C)C(OC)C1. The zero-order valence-corrected chi connectivity index (χ0v) is 12.7. The highest BCUT2D eigenvalue weighted by Gasteiger charge is 2.32. The lowest BCUT2D eigenvalue weighted by molar-refractivity contribution is -0.00194. The Bertz CT molecular complexity index is 498. The number of hydrogen-bond donors (Lipinski definition) is 1. The van der Waals surface area contributed by atoms with Crippen molar-refractivity contribution in [2.75, 3.05) is 25.9 Å². The van der Waals surface area contributed by atoms with E-state index in [1.165, 1.54) is 0 Å². The maximum absolute atomic E-state index is 12.7. The largest absolute Gasteiger partial charge is 0.395 e. The first-order chi connectivity index (χ1) is 9.49. The van der Waals surface area contributed by atoms with Crippen molar-refractivity contribution in [1.82, 2.24) is 14.7 Å². The first-order valence-electron chi connectivity index (χ1n) is 7.14. The number of nitrogens with zero attached hydrogens (tertiary/aromatic N) is 3. The van der Waals surface area contributed by atoms with Crippen molar-refractivity contribution < 1.29 is 9.53 Å². The highest BCUT2D eigenvalue weighted by Crippen LogP contribution is 2.24. The van der Waals surface area contributed by atoms with Gasteiger partial charge in [0.25, 0.3) is 5.91 Å². The molecule has 2 atom stereocenters. The van der Waals surface area contributed by atoms with Gasteiger partial charge in [-0.1, -0.05) is 6.92 Å². The highest BCUT2D eigenvalue weighted by molar-refractivity contribution is 5.98. The average Bonchev–Trinajstić information content (AvgIpc) is 2.74. The molecule has 1 aliphatic heterocycles. The summed E-state index contributed by atoms with van der Waals surface area (Å²) in [5.41, 5.74) is 7.73. The van der Waals surface area contributed by atoms with Crippen LogP contribution in [0.25, 0.3) is 0 Å². The van der Waals surface area contributed by atoms with Crippen molar-refractivity contribution in [3.63, 3.8) is 0 Å². The Labute approximate surface area is 119 Å². The molecule has 1 amide bonds.